The lowest BCUT2D eigenvalue weighted by Gasteiger charge is -2.42. The fourth-order valence-corrected chi connectivity index (χ4v) is 3.55. The molecule has 1 aromatic carbocycles. The van der Waals surface area contributed by atoms with Crippen LogP contribution < -0.4 is 26.6 Å². The van der Waals surface area contributed by atoms with Gasteiger partial charge in [0.2, 0.25) is 0 Å². The monoisotopic (exact) mass is 368 g/mol. The molecular weight excluding hydrogens is 344 g/mol. The van der Waals surface area contributed by atoms with Gasteiger partial charge in [-0.3, -0.25) is 4.79 Å². The molecule has 2 saturated heterocycles. The van der Waals surface area contributed by atoms with Crippen molar-refractivity contribution in [3.8, 4) is 5.75 Å². The molecule has 0 aromatic heterocycles. The Hall–Kier alpha value is -1.07. The van der Waals surface area contributed by atoms with Crippen molar-refractivity contribution in [1.29, 1.82) is 0 Å². The molecule has 2 aliphatic heterocycles. The van der Waals surface area contributed by atoms with Gasteiger partial charge in [0.15, 0.2) is 0 Å². The third-order valence-corrected chi connectivity index (χ3v) is 4.91. The topological polar surface area (TPSA) is 29.5 Å². The third kappa shape index (κ3) is 3.82. The molecule has 0 N–H and O–H groups in total. The van der Waals surface area contributed by atoms with Gasteiger partial charge in [-0.05, 0) is 12.1 Å². The molecule has 0 aliphatic carbocycles. The van der Waals surface area contributed by atoms with Crippen LogP contribution in [0.5, 0.6) is 5.75 Å². The van der Waals surface area contributed by atoms with Crippen molar-refractivity contribution in [2.75, 3.05) is 44.2 Å². The van der Waals surface area contributed by atoms with Crippen LogP contribution >= 0.6 is 0 Å². The van der Waals surface area contributed by atoms with Gasteiger partial charge in [-0.25, -0.2) is 0 Å². The standard InChI is InChI=1S/C17H25N2O2.BrH/c1-2-17(20)21-16-7-5-6-15(14-16)18-8-12-19(13-9-18)10-3-4-11-19;/h5-7,14H,2-4,8-13H2,1H3;1H/q+1;/p-1. The summed E-state index contributed by atoms with van der Waals surface area (Å²) in [6, 6.07) is 7.94. The molecule has 5 heteroatoms. The van der Waals surface area contributed by atoms with E-state index in [4.69, 9.17) is 4.74 Å². The van der Waals surface area contributed by atoms with E-state index < -0.39 is 0 Å². The van der Waals surface area contributed by atoms with E-state index in [9.17, 15) is 4.79 Å². The van der Waals surface area contributed by atoms with Crippen molar-refractivity contribution < 1.29 is 31.0 Å². The Morgan fingerprint density at radius 3 is 2.50 bits per heavy atom. The third-order valence-electron chi connectivity index (χ3n) is 4.91. The van der Waals surface area contributed by atoms with Gasteiger partial charge in [0.25, 0.3) is 0 Å². The first-order chi connectivity index (χ1) is 10.2. The molecule has 0 atom stereocenters. The van der Waals surface area contributed by atoms with Crippen LogP contribution in [0.4, 0.5) is 5.69 Å². The van der Waals surface area contributed by atoms with Gasteiger partial charge < -0.3 is 31.1 Å². The molecule has 0 saturated carbocycles. The first kappa shape index (κ1) is 17.3. The summed E-state index contributed by atoms with van der Waals surface area (Å²) in [5.41, 5.74) is 1.17. The fraction of sp³-hybridized carbons (Fsp3) is 0.588. The van der Waals surface area contributed by atoms with Gasteiger partial charge in [0, 0.05) is 31.0 Å². The number of anilines is 1. The largest absolute Gasteiger partial charge is 1.00 e. The molecule has 2 aliphatic rings. The number of rotatable bonds is 3. The minimum absolute atomic E-state index is 0. The highest BCUT2D eigenvalue weighted by Gasteiger charge is 2.35. The van der Waals surface area contributed by atoms with E-state index in [0.717, 1.165) is 13.1 Å². The molecule has 4 nitrogen and oxygen atoms in total. The second kappa shape index (κ2) is 7.47. The van der Waals surface area contributed by atoms with E-state index in [1.807, 2.05) is 25.1 Å². The molecule has 22 heavy (non-hydrogen) atoms. The van der Waals surface area contributed by atoms with E-state index in [-0.39, 0.29) is 23.0 Å². The van der Waals surface area contributed by atoms with E-state index in [2.05, 4.69) is 11.0 Å². The SMILES string of the molecule is CCC(=O)Oc1cccc(N2CC[N+]3(CCCC3)CC2)c1.[Br-]. The second-order valence-electron chi connectivity index (χ2n) is 6.26. The molecule has 1 aromatic rings. The van der Waals surface area contributed by atoms with Gasteiger partial charge in [-0.1, -0.05) is 13.0 Å². The first-order valence-corrected chi connectivity index (χ1v) is 8.12. The first-order valence-electron chi connectivity index (χ1n) is 8.12. The maximum atomic E-state index is 11.4. The van der Waals surface area contributed by atoms with E-state index in [0.29, 0.717) is 12.2 Å². The molecule has 0 amide bonds. The van der Waals surface area contributed by atoms with Crippen LogP contribution in [-0.2, 0) is 4.79 Å². The van der Waals surface area contributed by atoms with Crippen LogP contribution in [-0.4, -0.2) is 49.7 Å². The van der Waals surface area contributed by atoms with Gasteiger partial charge in [-0.15, -0.1) is 0 Å². The number of nitrogens with zero attached hydrogens (tertiary/aromatic N) is 2. The molecule has 122 valence electrons. The maximum absolute atomic E-state index is 11.4. The lowest BCUT2D eigenvalue weighted by molar-refractivity contribution is -0.917. The molecule has 0 bridgehead atoms. The smallest absolute Gasteiger partial charge is 0.310 e. The zero-order valence-electron chi connectivity index (χ0n) is 13.3. The van der Waals surface area contributed by atoms with Crippen LogP contribution in [0.15, 0.2) is 24.3 Å². The van der Waals surface area contributed by atoms with Gasteiger partial charge in [-0.2, -0.15) is 0 Å². The Morgan fingerprint density at radius 1 is 1.18 bits per heavy atom. The summed E-state index contributed by atoms with van der Waals surface area (Å²) in [4.78, 5) is 13.8. The normalized spacial score (nSPS) is 19.8. The van der Waals surface area contributed by atoms with Crippen molar-refractivity contribution >= 4 is 11.7 Å². The van der Waals surface area contributed by atoms with Crippen LogP contribution in [0, 0.1) is 0 Å². The summed E-state index contributed by atoms with van der Waals surface area (Å²) in [6.07, 6.45) is 3.19. The number of ether oxygens (including phenoxy) is 1. The average Bonchev–Trinajstić information content (AvgIpc) is 2.96. The zero-order chi connectivity index (χ0) is 14.7. The number of piperazine rings is 1. The molecule has 2 fully saturated rings. The summed E-state index contributed by atoms with van der Waals surface area (Å²) in [5, 5.41) is 0. The Morgan fingerprint density at radius 2 is 1.86 bits per heavy atom. The highest BCUT2D eigenvalue weighted by Crippen LogP contribution is 2.27. The molecule has 3 rings (SSSR count). The fourth-order valence-electron chi connectivity index (χ4n) is 3.55. The van der Waals surface area contributed by atoms with Gasteiger partial charge in [0.05, 0.1) is 39.3 Å². The Bertz CT molecular complexity index is 505. The van der Waals surface area contributed by atoms with Crippen molar-refractivity contribution in [3.05, 3.63) is 24.3 Å². The number of esters is 1. The van der Waals surface area contributed by atoms with E-state index in [1.165, 1.54) is 49.2 Å². The number of hydrogen-bond donors (Lipinski definition) is 0. The summed E-state index contributed by atoms with van der Waals surface area (Å²) >= 11 is 0. The summed E-state index contributed by atoms with van der Waals surface area (Å²) in [5.74, 6) is 0.488. The molecule has 0 radical (unpaired) electrons. The molecule has 2 heterocycles. The zero-order valence-corrected chi connectivity index (χ0v) is 14.8. The van der Waals surface area contributed by atoms with Crippen LogP contribution in [0.3, 0.4) is 0 Å². The number of quaternary nitrogens is 1. The van der Waals surface area contributed by atoms with Crippen molar-refractivity contribution in [3.63, 3.8) is 0 Å². The number of benzene rings is 1. The average molecular weight is 369 g/mol. The predicted octanol–water partition coefficient (Wildman–Crippen LogP) is -0.563. The van der Waals surface area contributed by atoms with Crippen LogP contribution in [0.1, 0.15) is 26.2 Å². The quantitative estimate of drug-likeness (QED) is 0.406. The van der Waals surface area contributed by atoms with E-state index >= 15 is 0 Å². The number of carbonyl (C=O) groups excluding carboxylic acids is 1. The predicted molar refractivity (Wildman–Crippen MR) is 83.5 cm³/mol. The summed E-state index contributed by atoms with van der Waals surface area (Å²) in [6.45, 7) is 9.24. The van der Waals surface area contributed by atoms with E-state index in [1.54, 1.807) is 0 Å². The van der Waals surface area contributed by atoms with Gasteiger partial charge >= 0.3 is 5.97 Å². The van der Waals surface area contributed by atoms with Crippen molar-refractivity contribution in [2.45, 2.75) is 26.2 Å². The lowest BCUT2D eigenvalue weighted by atomic mass is 10.2. The van der Waals surface area contributed by atoms with Gasteiger partial charge in [0.1, 0.15) is 5.75 Å². The Balaban J connectivity index is 0.00000176. The van der Waals surface area contributed by atoms with Crippen molar-refractivity contribution in [2.24, 2.45) is 0 Å². The number of carbonyl (C=O) groups is 1. The lowest BCUT2D eigenvalue weighted by Crippen LogP contribution is -3.00. The summed E-state index contributed by atoms with van der Waals surface area (Å²) in [7, 11) is 0. The number of halogens is 1. The maximum Gasteiger partial charge on any atom is 0.310 e. The minimum Gasteiger partial charge on any atom is -1.00 e. The Kier molecular flexibility index (Phi) is 5.87. The Labute approximate surface area is 143 Å². The summed E-state index contributed by atoms with van der Waals surface area (Å²) < 4.78 is 6.64. The highest BCUT2D eigenvalue weighted by atomic mass is 79.9. The molecule has 1 spiro atoms. The van der Waals surface area contributed by atoms with Crippen LogP contribution in [0.25, 0.3) is 0 Å². The molecular formula is C17H25BrN2O2. The highest BCUT2D eigenvalue weighted by molar-refractivity contribution is 5.72. The second-order valence-corrected chi connectivity index (χ2v) is 6.26. The number of hydrogen-bond acceptors (Lipinski definition) is 3. The van der Waals surface area contributed by atoms with Crippen molar-refractivity contribution in [1.82, 2.24) is 0 Å². The minimum atomic E-state index is -0.174. The van der Waals surface area contributed by atoms with Crippen LogP contribution in [0.2, 0.25) is 0 Å². The molecule has 0 unspecified atom stereocenters.